The Kier molecular flexibility index (Phi) is 4.66. The van der Waals surface area contributed by atoms with Crippen molar-refractivity contribution in [2.75, 3.05) is 19.1 Å². The lowest BCUT2D eigenvalue weighted by Gasteiger charge is -2.50. The maximum absolute atomic E-state index is 13.5. The van der Waals surface area contributed by atoms with Crippen molar-refractivity contribution in [2.24, 2.45) is 0 Å². The molecule has 0 saturated carbocycles. The van der Waals surface area contributed by atoms with Crippen molar-refractivity contribution in [2.45, 2.75) is 12.1 Å². The van der Waals surface area contributed by atoms with Crippen LogP contribution in [0.15, 0.2) is 72.8 Å². The molecule has 32 heavy (non-hydrogen) atoms. The van der Waals surface area contributed by atoms with Crippen molar-refractivity contribution in [3.8, 4) is 11.5 Å². The summed E-state index contributed by atoms with van der Waals surface area (Å²) in [7, 11) is 3.09. The molecule has 3 aromatic carbocycles. The zero-order valence-electron chi connectivity index (χ0n) is 17.5. The van der Waals surface area contributed by atoms with E-state index in [0.29, 0.717) is 28.3 Å². The molecule has 2 atom stereocenters. The Morgan fingerprint density at radius 1 is 0.688 bits per heavy atom. The lowest BCUT2D eigenvalue weighted by atomic mass is 9.86. The van der Waals surface area contributed by atoms with Crippen LogP contribution in [0.5, 0.6) is 11.5 Å². The molecule has 0 aromatic heterocycles. The second-order valence-electron chi connectivity index (χ2n) is 7.57. The smallest absolute Gasteiger partial charge is 0.262 e. The van der Waals surface area contributed by atoms with E-state index in [4.69, 9.17) is 9.47 Å². The molecule has 7 heteroatoms. The van der Waals surface area contributed by atoms with Crippen molar-refractivity contribution in [3.05, 3.63) is 89.5 Å². The van der Waals surface area contributed by atoms with Crippen LogP contribution in [-0.2, 0) is 4.79 Å². The lowest BCUT2D eigenvalue weighted by Crippen LogP contribution is -2.67. The van der Waals surface area contributed by atoms with Crippen molar-refractivity contribution >= 4 is 23.4 Å². The van der Waals surface area contributed by atoms with Gasteiger partial charge in [0.05, 0.1) is 37.1 Å². The third-order valence-corrected chi connectivity index (χ3v) is 5.95. The number of carbonyl (C=O) groups is 3. The predicted molar refractivity (Wildman–Crippen MR) is 117 cm³/mol. The van der Waals surface area contributed by atoms with Crippen LogP contribution in [0.3, 0.4) is 0 Å². The molecule has 2 heterocycles. The number of methoxy groups -OCH3 is 2. The van der Waals surface area contributed by atoms with Crippen molar-refractivity contribution in [1.82, 2.24) is 4.90 Å². The molecule has 7 nitrogen and oxygen atoms in total. The lowest BCUT2D eigenvalue weighted by molar-refractivity contribution is -0.130. The van der Waals surface area contributed by atoms with E-state index in [0.717, 1.165) is 10.5 Å². The van der Waals surface area contributed by atoms with Crippen molar-refractivity contribution in [3.63, 3.8) is 0 Å². The number of imide groups is 1. The minimum Gasteiger partial charge on any atom is -0.497 e. The molecule has 3 amide bonds. The Morgan fingerprint density at radius 3 is 2.00 bits per heavy atom. The number of anilines is 1. The molecule has 0 aliphatic carbocycles. The zero-order valence-corrected chi connectivity index (χ0v) is 17.5. The summed E-state index contributed by atoms with van der Waals surface area (Å²) < 4.78 is 10.8. The van der Waals surface area contributed by atoms with E-state index in [1.165, 1.54) is 7.11 Å². The van der Waals surface area contributed by atoms with Gasteiger partial charge in [-0.3, -0.25) is 24.2 Å². The second-order valence-corrected chi connectivity index (χ2v) is 7.57. The number of fused-ring (bicyclic) bond motifs is 1. The number of amides is 3. The molecule has 3 aromatic rings. The van der Waals surface area contributed by atoms with E-state index < -0.39 is 23.9 Å². The normalized spacial score (nSPS) is 19.6. The van der Waals surface area contributed by atoms with Crippen molar-refractivity contribution < 1.29 is 23.9 Å². The van der Waals surface area contributed by atoms with Crippen LogP contribution in [0, 0.1) is 0 Å². The predicted octanol–water partition coefficient (Wildman–Crippen LogP) is 3.46. The van der Waals surface area contributed by atoms with Gasteiger partial charge in [0, 0.05) is 0 Å². The summed E-state index contributed by atoms with van der Waals surface area (Å²) in [5, 5.41) is 0. The summed E-state index contributed by atoms with van der Waals surface area (Å²) in [6.45, 7) is 0. The third kappa shape index (κ3) is 2.78. The highest BCUT2D eigenvalue weighted by molar-refractivity contribution is 6.24. The van der Waals surface area contributed by atoms with Crippen LogP contribution in [-0.4, -0.2) is 42.9 Å². The fourth-order valence-electron chi connectivity index (χ4n) is 4.44. The van der Waals surface area contributed by atoms with Crippen LogP contribution in [0.2, 0.25) is 0 Å². The standard InChI is InChI=1S/C25H20N2O5/c1-31-16-9-7-8-15(14-16)21-22(25(30)26(21)19-12-5-6-13-20(19)32-2)27-23(28)17-10-3-4-11-18(17)24(27)29/h3-14,21-22H,1-2H3/t21-,22-/m0/s1. The summed E-state index contributed by atoms with van der Waals surface area (Å²) in [5.41, 5.74) is 1.94. The number of para-hydroxylation sites is 2. The number of hydrogen-bond donors (Lipinski definition) is 0. The Bertz CT molecular complexity index is 1220. The summed E-state index contributed by atoms with van der Waals surface area (Å²) in [4.78, 5) is 42.4. The first kappa shape index (κ1) is 19.8. The SMILES string of the molecule is COc1cccc([C@H]2[C@H](N3C(=O)c4ccccc4C3=O)C(=O)N2c2ccccc2OC)c1. The summed E-state index contributed by atoms with van der Waals surface area (Å²) >= 11 is 0. The van der Waals surface area contributed by atoms with Gasteiger partial charge in [-0.15, -0.1) is 0 Å². The van der Waals surface area contributed by atoms with Gasteiger partial charge in [-0.2, -0.15) is 0 Å². The van der Waals surface area contributed by atoms with Gasteiger partial charge in [0.15, 0.2) is 0 Å². The number of β-lactam (4-membered cyclic amide) rings is 1. The van der Waals surface area contributed by atoms with E-state index in [9.17, 15) is 14.4 Å². The molecule has 0 N–H and O–H groups in total. The molecule has 2 aliphatic heterocycles. The fraction of sp³-hybridized carbons (Fsp3) is 0.160. The second kappa shape index (κ2) is 7.53. The molecular formula is C25H20N2O5. The highest BCUT2D eigenvalue weighted by Gasteiger charge is 2.57. The quantitative estimate of drug-likeness (QED) is 0.460. The van der Waals surface area contributed by atoms with Crippen molar-refractivity contribution in [1.29, 1.82) is 0 Å². The van der Waals surface area contributed by atoms with Crippen LogP contribution in [0.1, 0.15) is 32.3 Å². The molecule has 0 radical (unpaired) electrons. The summed E-state index contributed by atoms with van der Waals surface area (Å²) in [5.74, 6) is -0.137. The number of hydrogen-bond acceptors (Lipinski definition) is 5. The molecule has 5 rings (SSSR count). The van der Waals surface area contributed by atoms with Gasteiger partial charge in [-0.05, 0) is 42.0 Å². The van der Waals surface area contributed by atoms with Gasteiger partial charge in [0.1, 0.15) is 17.5 Å². The summed E-state index contributed by atoms with van der Waals surface area (Å²) in [6.07, 6.45) is 0. The Labute approximate surface area is 184 Å². The molecule has 0 spiro atoms. The van der Waals surface area contributed by atoms with E-state index in [-0.39, 0.29) is 5.91 Å². The minimum absolute atomic E-state index is 0.311. The van der Waals surface area contributed by atoms with E-state index in [1.807, 2.05) is 30.3 Å². The van der Waals surface area contributed by atoms with Crippen LogP contribution in [0.4, 0.5) is 5.69 Å². The molecule has 1 fully saturated rings. The first-order valence-electron chi connectivity index (χ1n) is 10.1. The number of benzene rings is 3. The van der Waals surface area contributed by atoms with Gasteiger partial charge in [0.25, 0.3) is 17.7 Å². The van der Waals surface area contributed by atoms with Crippen LogP contribution < -0.4 is 14.4 Å². The maximum Gasteiger partial charge on any atom is 0.262 e. The Balaban J connectivity index is 1.62. The average Bonchev–Trinajstić information content (AvgIpc) is 3.08. The number of carbonyl (C=O) groups excluding carboxylic acids is 3. The largest absolute Gasteiger partial charge is 0.497 e. The maximum atomic E-state index is 13.5. The number of rotatable bonds is 5. The average molecular weight is 428 g/mol. The highest BCUT2D eigenvalue weighted by Crippen LogP contribution is 2.47. The fourth-order valence-corrected chi connectivity index (χ4v) is 4.44. The number of ether oxygens (including phenoxy) is 2. The zero-order chi connectivity index (χ0) is 22.4. The van der Waals surface area contributed by atoms with Gasteiger partial charge in [-0.1, -0.05) is 36.4 Å². The topological polar surface area (TPSA) is 76.2 Å². The van der Waals surface area contributed by atoms with E-state index in [1.54, 1.807) is 54.5 Å². The van der Waals surface area contributed by atoms with Crippen LogP contribution >= 0.6 is 0 Å². The highest BCUT2D eigenvalue weighted by atomic mass is 16.5. The Morgan fingerprint density at radius 2 is 1.34 bits per heavy atom. The minimum atomic E-state index is -0.973. The molecule has 0 unspecified atom stereocenters. The monoisotopic (exact) mass is 428 g/mol. The van der Waals surface area contributed by atoms with E-state index >= 15 is 0 Å². The van der Waals surface area contributed by atoms with Gasteiger partial charge in [-0.25, -0.2) is 0 Å². The Hall–Kier alpha value is -4.13. The van der Waals surface area contributed by atoms with Gasteiger partial charge >= 0.3 is 0 Å². The first-order valence-corrected chi connectivity index (χ1v) is 10.1. The molecule has 1 saturated heterocycles. The molecule has 0 bridgehead atoms. The van der Waals surface area contributed by atoms with Gasteiger partial charge < -0.3 is 9.47 Å². The summed E-state index contributed by atoms with van der Waals surface area (Å²) in [6, 6.07) is 19.5. The number of nitrogens with zero attached hydrogens (tertiary/aromatic N) is 2. The molecular weight excluding hydrogens is 408 g/mol. The molecule has 2 aliphatic rings. The first-order chi connectivity index (χ1) is 15.6. The third-order valence-electron chi connectivity index (χ3n) is 5.95. The van der Waals surface area contributed by atoms with Crippen LogP contribution in [0.25, 0.3) is 0 Å². The van der Waals surface area contributed by atoms with E-state index in [2.05, 4.69) is 0 Å². The molecule has 160 valence electrons. The van der Waals surface area contributed by atoms with Gasteiger partial charge in [0.2, 0.25) is 0 Å².